The minimum atomic E-state index is -4.61. The fourth-order valence-electron chi connectivity index (χ4n) is 2.25. The lowest BCUT2D eigenvalue weighted by Crippen LogP contribution is -2.16. The van der Waals surface area contributed by atoms with Crippen molar-refractivity contribution >= 4 is 44.6 Å². The summed E-state index contributed by atoms with van der Waals surface area (Å²) in [6, 6.07) is -1.07. The summed E-state index contributed by atoms with van der Waals surface area (Å²) >= 11 is 6.46. The fourth-order valence-corrected chi connectivity index (χ4v) is 4.74. The van der Waals surface area contributed by atoms with Gasteiger partial charge in [0.25, 0.3) is 15.9 Å². The lowest BCUT2D eigenvalue weighted by Gasteiger charge is -2.09. The SMILES string of the molecule is [2H]c1c2c(c([2H])c(C([2H])([2H])C(=O)c3sccc3S(=O)(=O)Nc3onc(C)c3Cl)c1C([2H])([2H])[2H])OC([2H])([2H])O2. The summed E-state index contributed by atoms with van der Waals surface area (Å²) in [7, 11) is -4.61. The van der Waals surface area contributed by atoms with E-state index in [9.17, 15) is 13.2 Å². The first-order valence-electron chi connectivity index (χ1n) is 12.1. The van der Waals surface area contributed by atoms with E-state index in [1.54, 1.807) is 0 Å². The number of hydrogen-bond donors (Lipinski definition) is 1. The molecule has 1 aliphatic rings. The number of ether oxygens (including phenoxy) is 2. The number of hydrogen-bond acceptors (Lipinski definition) is 8. The third-order valence-corrected chi connectivity index (χ3v) is 6.46. The van der Waals surface area contributed by atoms with E-state index in [1.807, 2.05) is 4.72 Å². The summed E-state index contributed by atoms with van der Waals surface area (Å²) in [5, 5.41) is 4.52. The summed E-state index contributed by atoms with van der Waals surface area (Å²) in [5.41, 5.74) is -2.05. The Hall–Kier alpha value is -2.56. The van der Waals surface area contributed by atoms with Crippen LogP contribution in [0.5, 0.6) is 11.5 Å². The van der Waals surface area contributed by atoms with Gasteiger partial charge in [-0.15, -0.1) is 11.3 Å². The topological polar surface area (TPSA) is 108 Å². The molecule has 29 heavy (non-hydrogen) atoms. The van der Waals surface area contributed by atoms with E-state index in [0.29, 0.717) is 11.3 Å². The molecule has 0 amide bonds. The third kappa shape index (κ3) is 3.70. The van der Waals surface area contributed by atoms with E-state index in [2.05, 4.69) is 5.16 Å². The molecule has 3 aromatic rings. The zero-order valence-electron chi connectivity index (χ0n) is 23.2. The number of aryl methyl sites for hydroxylation is 1. The number of carbonyl (C=O) groups excluding carboxylic acids is 1. The maximum atomic E-state index is 13.5. The first-order valence-corrected chi connectivity index (χ1v) is 10.4. The Bertz CT molecular complexity index is 1580. The van der Waals surface area contributed by atoms with Gasteiger partial charge in [-0.25, -0.2) is 13.1 Å². The van der Waals surface area contributed by atoms with Gasteiger partial charge in [0.1, 0.15) is 18.4 Å². The first kappa shape index (κ1) is 11.6. The van der Waals surface area contributed by atoms with Gasteiger partial charge in [0.05, 0.1) is 7.62 Å². The number of halogens is 1. The zero-order chi connectivity index (χ0) is 28.6. The maximum Gasteiger partial charge on any atom is 0.265 e. The lowest BCUT2D eigenvalue weighted by molar-refractivity contribution is 0.0994. The van der Waals surface area contributed by atoms with Crippen LogP contribution in [-0.4, -0.2) is 26.1 Å². The van der Waals surface area contributed by atoms with E-state index in [-0.39, 0.29) is 10.7 Å². The molecule has 1 aliphatic heterocycles. The normalized spacial score (nSPS) is 20.1. The highest BCUT2D eigenvalue weighted by Crippen LogP contribution is 2.36. The van der Waals surface area contributed by atoms with Crippen molar-refractivity contribution in [1.82, 2.24) is 5.16 Å². The van der Waals surface area contributed by atoms with Gasteiger partial charge in [-0.3, -0.25) is 4.79 Å². The molecule has 2 aromatic heterocycles. The van der Waals surface area contributed by atoms with Crippen molar-refractivity contribution in [2.75, 3.05) is 11.5 Å². The highest BCUT2D eigenvalue weighted by Gasteiger charge is 2.27. The van der Waals surface area contributed by atoms with Crippen molar-refractivity contribution in [2.24, 2.45) is 0 Å². The van der Waals surface area contributed by atoms with Crippen molar-refractivity contribution in [3.63, 3.8) is 0 Å². The Balaban J connectivity index is 1.86. The van der Waals surface area contributed by atoms with Crippen molar-refractivity contribution in [3.05, 3.63) is 50.3 Å². The van der Waals surface area contributed by atoms with Crippen LogP contribution < -0.4 is 14.2 Å². The van der Waals surface area contributed by atoms with E-state index >= 15 is 0 Å². The molecular weight excluding hydrogens is 440 g/mol. The van der Waals surface area contributed by atoms with E-state index in [4.69, 9.17) is 37.9 Å². The fraction of sp³-hybridized carbons (Fsp3) is 0.222. The Morgan fingerprint density at radius 3 is 2.93 bits per heavy atom. The van der Waals surface area contributed by atoms with Crippen LogP contribution in [-0.2, 0) is 16.4 Å². The number of fused-ring (bicyclic) bond motifs is 1. The average Bonchev–Trinajstić information content (AvgIpc) is 3.48. The van der Waals surface area contributed by atoms with Gasteiger partial charge >= 0.3 is 0 Å². The molecule has 4 rings (SSSR count). The zero-order valence-corrected chi connectivity index (χ0v) is 16.6. The molecular formula is C18H15ClN2O6S2. The van der Waals surface area contributed by atoms with Gasteiger partial charge in [-0.05, 0) is 48.4 Å². The van der Waals surface area contributed by atoms with E-state index in [0.717, 1.165) is 6.07 Å². The second-order valence-corrected chi connectivity index (χ2v) is 8.48. The standard InChI is InChI=1S/C18H15ClN2O6S2/c1-9-5-13-14(26-8-25-13)7-11(9)6-12(22)17-15(3-4-28-17)29(23,24)21-18-16(19)10(2)20-27-18/h3-5,7,21H,6,8H2,1-2H3/i1D3,5D,6D2,7D,8D2. The Labute approximate surface area is 188 Å². The van der Waals surface area contributed by atoms with E-state index in [1.165, 1.54) is 12.3 Å². The monoisotopic (exact) mass is 463 g/mol. The third-order valence-electron chi connectivity index (χ3n) is 3.60. The van der Waals surface area contributed by atoms with Gasteiger partial charge in [-0.1, -0.05) is 16.8 Å². The van der Waals surface area contributed by atoms with E-state index < -0.39 is 86.1 Å². The van der Waals surface area contributed by atoms with Crippen molar-refractivity contribution in [2.45, 2.75) is 25.0 Å². The van der Waals surface area contributed by atoms with Crippen molar-refractivity contribution < 1.29 is 39.5 Å². The van der Waals surface area contributed by atoms with Crippen LogP contribution in [0.15, 0.2) is 32.9 Å². The number of nitrogens with zero attached hydrogens (tertiary/aromatic N) is 1. The van der Waals surface area contributed by atoms with Crippen LogP contribution in [0.3, 0.4) is 0 Å². The quantitative estimate of drug-likeness (QED) is 0.551. The number of anilines is 1. The highest BCUT2D eigenvalue weighted by atomic mass is 35.5. The molecule has 1 aromatic carbocycles. The number of thiophene rings is 1. The molecule has 1 N–H and O–H groups in total. The molecule has 0 unspecified atom stereocenters. The Morgan fingerprint density at radius 2 is 2.24 bits per heavy atom. The van der Waals surface area contributed by atoms with Crippen LogP contribution in [0.2, 0.25) is 5.02 Å². The van der Waals surface area contributed by atoms with Crippen LogP contribution in [0.1, 0.15) is 38.8 Å². The molecule has 0 bridgehead atoms. The van der Waals surface area contributed by atoms with Gasteiger partial charge < -0.3 is 14.0 Å². The number of rotatable bonds is 6. The summed E-state index contributed by atoms with van der Waals surface area (Å²) in [5.74, 6) is -3.54. The molecule has 0 aliphatic carbocycles. The predicted molar refractivity (Wildman–Crippen MR) is 107 cm³/mol. The summed E-state index contributed by atoms with van der Waals surface area (Å²) in [6.07, 6.45) is -3.40. The molecule has 0 saturated carbocycles. The number of aromatic nitrogens is 1. The van der Waals surface area contributed by atoms with Gasteiger partial charge in [0.15, 0.2) is 17.3 Å². The number of ketones is 1. The second-order valence-electron chi connectivity index (χ2n) is 5.53. The molecule has 0 atom stereocenters. The molecule has 0 fully saturated rings. The maximum absolute atomic E-state index is 13.5. The van der Waals surface area contributed by atoms with Crippen molar-refractivity contribution in [1.29, 1.82) is 0 Å². The summed E-state index contributed by atoms with van der Waals surface area (Å²) in [6.45, 7) is -4.72. The van der Waals surface area contributed by atoms with Crippen LogP contribution in [0.25, 0.3) is 0 Å². The second kappa shape index (κ2) is 7.36. The van der Waals surface area contributed by atoms with Crippen molar-refractivity contribution in [3.8, 4) is 11.5 Å². The molecule has 0 saturated heterocycles. The number of nitrogens with one attached hydrogen (secondary N) is 1. The van der Waals surface area contributed by atoms with Crippen LogP contribution >= 0.6 is 22.9 Å². The molecule has 152 valence electrons. The van der Waals surface area contributed by atoms with Crippen LogP contribution in [0, 0.1) is 13.8 Å². The number of Topliss-reactive ketones (excluding diaryl/α,β-unsaturated/α-hetero) is 1. The molecule has 0 spiro atoms. The summed E-state index contributed by atoms with van der Waals surface area (Å²) in [4.78, 5) is 12.1. The Kier molecular flexibility index (Phi) is 2.94. The number of sulfonamides is 1. The van der Waals surface area contributed by atoms with Crippen LogP contribution in [0.4, 0.5) is 5.88 Å². The summed E-state index contributed by atoms with van der Waals surface area (Å²) < 4.78 is 115. The average molecular weight is 464 g/mol. The van der Waals surface area contributed by atoms with Gasteiger partial charge in [0, 0.05) is 13.2 Å². The molecule has 11 heteroatoms. The lowest BCUT2D eigenvalue weighted by atomic mass is 10.0. The smallest absolute Gasteiger partial charge is 0.265 e. The minimum absolute atomic E-state index is 0.156. The largest absolute Gasteiger partial charge is 0.454 e. The molecule has 8 nitrogen and oxygen atoms in total. The number of benzene rings is 1. The molecule has 0 radical (unpaired) electrons. The Morgan fingerprint density at radius 1 is 1.48 bits per heavy atom. The van der Waals surface area contributed by atoms with Gasteiger partial charge in [0.2, 0.25) is 6.75 Å². The first-order chi connectivity index (χ1) is 17.3. The minimum Gasteiger partial charge on any atom is -0.454 e. The molecule has 3 heterocycles. The predicted octanol–water partition coefficient (Wildman–Crippen LogP) is 3.96. The highest BCUT2D eigenvalue weighted by molar-refractivity contribution is 7.93. The van der Waals surface area contributed by atoms with Gasteiger partial charge in [-0.2, -0.15) is 0 Å². The number of carbonyl (C=O) groups is 1.